The molecule has 192 valence electrons. The molecule has 0 spiro atoms. The van der Waals surface area contributed by atoms with E-state index in [2.05, 4.69) is 10.2 Å². The lowest BCUT2D eigenvalue weighted by Crippen LogP contribution is -2.47. The number of rotatable bonds is 8. The van der Waals surface area contributed by atoms with Crippen molar-refractivity contribution in [1.29, 1.82) is 0 Å². The molecule has 0 bridgehead atoms. The second kappa shape index (κ2) is 10.5. The van der Waals surface area contributed by atoms with Gasteiger partial charge in [0.15, 0.2) is 6.10 Å². The van der Waals surface area contributed by atoms with Crippen molar-refractivity contribution in [3.63, 3.8) is 0 Å². The van der Waals surface area contributed by atoms with Crippen molar-refractivity contribution in [2.24, 2.45) is 0 Å². The minimum atomic E-state index is -3.69. The molecule has 1 heterocycles. The summed E-state index contributed by atoms with van der Waals surface area (Å²) in [4.78, 5) is 15.0. The number of sulfonamides is 2. The third-order valence-corrected chi connectivity index (χ3v) is 9.16. The minimum Gasteiger partial charge on any atom is -0.481 e. The number of nitrogens with one attached hydrogen (secondary N) is 1. The largest absolute Gasteiger partial charge is 0.481 e. The van der Waals surface area contributed by atoms with Crippen LogP contribution in [-0.2, 0) is 24.8 Å². The first-order chi connectivity index (χ1) is 16.3. The molecule has 0 aliphatic carbocycles. The maximum atomic E-state index is 13.2. The van der Waals surface area contributed by atoms with E-state index >= 15 is 0 Å². The number of likely N-dealkylation sites (N-methyl/N-ethyl adjacent to an activating group) is 1. The quantitative estimate of drug-likeness (QED) is 0.559. The van der Waals surface area contributed by atoms with E-state index in [0.717, 1.165) is 10.6 Å². The first kappa shape index (κ1) is 26.9. The maximum absolute atomic E-state index is 13.2. The standard InChI is InChI=1S/C23H32N4O6S2/c1-17-6-7-19(16-22(17)35(31,32)27-14-12-25(3)13-15-27)24-23(28)18(2)33-21-10-8-20(9-11-21)26(4)34(5,29)30/h6-11,16,18H,12-15H2,1-5H3,(H,24,28)/t18-/m0/s1. The van der Waals surface area contributed by atoms with Crippen LogP contribution in [-0.4, -0.2) is 84.6 Å². The van der Waals surface area contributed by atoms with E-state index in [4.69, 9.17) is 4.74 Å². The van der Waals surface area contributed by atoms with Crippen LogP contribution in [0.1, 0.15) is 12.5 Å². The molecule has 0 unspecified atom stereocenters. The van der Waals surface area contributed by atoms with E-state index in [-0.39, 0.29) is 4.90 Å². The lowest BCUT2D eigenvalue weighted by molar-refractivity contribution is -0.122. The Bertz CT molecular complexity index is 1270. The van der Waals surface area contributed by atoms with E-state index in [0.29, 0.717) is 48.9 Å². The van der Waals surface area contributed by atoms with Crippen molar-refractivity contribution < 1.29 is 26.4 Å². The van der Waals surface area contributed by atoms with Crippen LogP contribution in [0.2, 0.25) is 0 Å². The third kappa shape index (κ3) is 6.51. The molecule has 1 atom stereocenters. The number of aryl methyl sites for hydroxylation is 1. The number of benzene rings is 2. The molecule has 1 N–H and O–H groups in total. The molecule has 12 heteroatoms. The molecule has 1 aliphatic rings. The fourth-order valence-corrected chi connectivity index (χ4v) is 5.73. The van der Waals surface area contributed by atoms with Crippen LogP contribution in [0.25, 0.3) is 0 Å². The van der Waals surface area contributed by atoms with Crippen LogP contribution < -0.4 is 14.4 Å². The summed E-state index contributed by atoms with van der Waals surface area (Å²) < 4.78 is 58.0. The first-order valence-corrected chi connectivity index (χ1v) is 14.4. The molecule has 35 heavy (non-hydrogen) atoms. The molecule has 0 radical (unpaired) electrons. The lowest BCUT2D eigenvalue weighted by atomic mass is 10.2. The van der Waals surface area contributed by atoms with E-state index in [9.17, 15) is 21.6 Å². The van der Waals surface area contributed by atoms with Crippen LogP contribution in [0.15, 0.2) is 47.4 Å². The summed E-state index contributed by atoms with van der Waals surface area (Å²) in [6, 6.07) is 11.1. The Labute approximate surface area is 207 Å². The highest BCUT2D eigenvalue weighted by Gasteiger charge is 2.29. The summed E-state index contributed by atoms with van der Waals surface area (Å²) >= 11 is 0. The predicted octanol–water partition coefficient (Wildman–Crippen LogP) is 1.73. The molecule has 2 aromatic carbocycles. The molecule has 3 rings (SSSR count). The highest BCUT2D eigenvalue weighted by molar-refractivity contribution is 7.92. The zero-order chi connectivity index (χ0) is 26.0. The summed E-state index contributed by atoms with van der Waals surface area (Å²) in [5, 5.41) is 2.72. The number of nitrogens with zero attached hydrogens (tertiary/aromatic N) is 3. The zero-order valence-electron chi connectivity index (χ0n) is 20.6. The number of carbonyl (C=O) groups excluding carboxylic acids is 1. The first-order valence-electron chi connectivity index (χ1n) is 11.1. The van der Waals surface area contributed by atoms with Gasteiger partial charge in [0.05, 0.1) is 16.8 Å². The molecule has 0 aromatic heterocycles. The SMILES string of the molecule is Cc1ccc(NC(=O)[C@H](C)Oc2ccc(N(C)S(C)(=O)=O)cc2)cc1S(=O)(=O)N1CCN(C)CC1. The van der Waals surface area contributed by atoms with E-state index < -0.39 is 32.1 Å². The van der Waals surface area contributed by atoms with Crippen LogP contribution in [0.3, 0.4) is 0 Å². The molecule has 2 aromatic rings. The summed E-state index contributed by atoms with van der Waals surface area (Å²) in [7, 11) is -3.67. The maximum Gasteiger partial charge on any atom is 0.265 e. The van der Waals surface area contributed by atoms with Crippen molar-refractivity contribution in [1.82, 2.24) is 9.21 Å². The molecule has 1 fully saturated rings. The van der Waals surface area contributed by atoms with E-state index in [1.165, 1.54) is 17.4 Å². The summed E-state index contributed by atoms with van der Waals surface area (Å²) in [5.41, 5.74) is 1.42. The van der Waals surface area contributed by atoms with Gasteiger partial charge in [-0.15, -0.1) is 0 Å². The molecule has 1 aliphatic heterocycles. The van der Waals surface area contributed by atoms with Gasteiger partial charge in [-0.1, -0.05) is 6.07 Å². The Balaban J connectivity index is 1.69. The number of hydrogen-bond acceptors (Lipinski definition) is 7. The smallest absolute Gasteiger partial charge is 0.265 e. The van der Waals surface area contributed by atoms with Crippen LogP contribution in [0, 0.1) is 6.92 Å². The van der Waals surface area contributed by atoms with Crippen molar-refractivity contribution >= 4 is 37.3 Å². The monoisotopic (exact) mass is 524 g/mol. The fourth-order valence-electron chi connectivity index (χ4n) is 3.55. The van der Waals surface area contributed by atoms with E-state index in [1.54, 1.807) is 50.2 Å². The van der Waals surface area contributed by atoms with Crippen molar-refractivity contribution in [3.05, 3.63) is 48.0 Å². The predicted molar refractivity (Wildman–Crippen MR) is 136 cm³/mol. The van der Waals surface area contributed by atoms with Crippen LogP contribution in [0.4, 0.5) is 11.4 Å². The Morgan fingerprint density at radius 1 is 1.03 bits per heavy atom. The summed E-state index contributed by atoms with van der Waals surface area (Å²) in [5.74, 6) is -0.0605. The Hall–Kier alpha value is -2.67. The Morgan fingerprint density at radius 3 is 2.20 bits per heavy atom. The topological polar surface area (TPSA) is 116 Å². The zero-order valence-corrected chi connectivity index (χ0v) is 22.2. The third-order valence-electron chi connectivity index (χ3n) is 5.92. The average molecular weight is 525 g/mol. The average Bonchev–Trinajstić information content (AvgIpc) is 2.80. The van der Waals surface area contributed by atoms with Crippen LogP contribution >= 0.6 is 0 Å². The van der Waals surface area contributed by atoms with Gasteiger partial charge in [0.2, 0.25) is 20.0 Å². The van der Waals surface area contributed by atoms with Gasteiger partial charge >= 0.3 is 0 Å². The van der Waals surface area contributed by atoms with Crippen molar-refractivity contribution in [2.75, 3.05) is 56.2 Å². The van der Waals surface area contributed by atoms with E-state index in [1.807, 2.05) is 7.05 Å². The van der Waals surface area contributed by atoms with Gasteiger partial charge in [-0.25, -0.2) is 16.8 Å². The van der Waals surface area contributed by atoms with Crippen molar-refractivity contribution in [3.8, 4) is 5.75 Å². The minimum absolute atomic E-state index is 0.166. The number of amides is 1. The second-order valence-electron chi connectivity index (χ2n) is 8.66. The lowest BCUT2D eigenvalue weighted by Gasteiger charge is -2.32. The highest BCUT2D eigenvalue weighted by atomic mass is 32.2. The molecular formula is C23H32N4O6S2. The number of hydrogen-bond donors (Lipinski definition) is 1. The normalized spacial score (nSPS) is 16.5. The van der Waals surface area contributed by atoms with Crippen LogP contribution in [0.5, 0.6) is 5.75 Å². The van der Waals surface area contributed by atoms with Gasteiger partial charge in [-0.2, -0.15) is 4.31 Å². The molecule has 10 nitrogen and oxygen atoms in total. The molecular weight excluding hydrogens is 492 g/mol. The fraction of sp³-hybridized carbons (Fsp3) is 0.435. The molecule has 1 saturated heterocycles. The van der Waals surface area contributed by atoms with Gasteiger partial charge in [0.25, 0.3) is 5.91 Å². The van der Waals surface area contributed by atoms with Gasteiger partial charge in [-0.05, 0) is 62.9 Å². The summed E-state index contributed by atoms with van der Waals surface area (Å²) in [6.07, 6.45) is 0.226. The number of ether oxygens (including phenoxy) is 1. The Morgan fingerprint density at radius 2 is 1.63 bits per heavy atom. The number of anilines is 2. The van der Waals surface area contributed by atoms with Gasteiger partial charge in [0.1, 0.15) is 5.75 Å². The molecule has 1 amide bonds. The van der Waals surface area contributed by atoms with Gasteiger partial charge < -0.3 is 15.0 Å². The number of carbonyl (C=O) groups is 1. The number of piperazine rings is 1. The summed E-state index contributed by atoms with van der Waals surface area (Å²) in [6.45, 7) is 5.45. The molecule has 0 saturated carbocycles. The Kier molecular flexibility index (Phi) is 8.10. The van der Waals surface area contributed by atoms with Gasteiger partial charge in [0, 0.05) is 38.9 Å². The van der Waals surface area contributed by atoms with Gasteiger partial charge in [-0.3, -0.25) is 9.10 Å². The van der Waals surface area contributed by atoms with Crippen molar-refractivity contribution in [2.45, 2.75) is 24.8 Å². The highest BCUT2D eigenvalue weighted by Crippen LogP contribution is 2.25. The second-order valence-corrected chi connectivity index (χ2v) is 12.6.